The van der Waals surface area contributed by atoms with Gasteiger partial charge in [0.2, 0.25) is 0 Å². The predicted molar refractivity (Wildman–Crippen MR) is 128 cm³/mol. The van der Waals surface area contributed by atoms with Gasteiger partial charge in [-0.05, 0) is 24.1 Å². The third-order valence-corrected chi connectivity index (χ3v) is 6.34. The number of carbonyl (C=O) groups is 1. The monoisotopic (exact) mass is 444 g/mol. The molecule has 3 N–H and O–H groups in total. The van der Waals surface area contributed by atoms with E-state index in [1.807, 2.05) is 53.4 Å². The van der Waals surface area contributed by atoms with Gasteiger partial charge in [-0.25, -0.2) is 0 Å². The average Bonchev–Trinajstić information content (AvgIpc) is 3.48. The van der Waals surface area contributed by atoms with E-state index in [1.54, 1.807) is 7.11 Å². The summed E-state index contributed by atoms with van der Waals surface area (Å²) in [5.41, 5.74) is 4.02. The van der Waals surface area contributed by atoms with Crippen LogP contribution in [0.15, 0.2) is 65.7 Å². The predicted octanol–water partition coefficient (Wildman–Crippen LogP) is 2.92. The van der Waals surface area contributed by atoms with Crippen LogP contribution in [0.5, 0.6) is 0 Å². The van der Waals surface area contributed by atoms with E-state index in [9.17, 15) is 4.79 Å². The zero-order chi connectivity index (χ0) is 22.7. The van der Waals surface area contributed by atoms with E-state index in [0.717, 1.165) is 29.2 Å². The number of amidine groups is 1. The number of fused-ring (bicyclic) bond motifs is 1. The van der Waals surface area contributed by atoms with E-state index in [2.05, 4.69) is 33.0 Å². The number of methoxy groups -OCH3 is 1. The molecular formula is C25H28N6O2. The largest absolute Gasteiger partial charge is 0.383 e. The second-order valence-corrected chi connectivity index (χ2v) is 8.45. The van der Waals surface area contributed by atoms with Crippen LogP contribution in [0.2, 0.25) is 0 Å². The molecule has 3 heterocycles. The van der Waals surface area contributed by atoms with Gasteiger partial charge >= 0.3 is 0 Å². The number of amides is 1. The number of anilines is 1. The number of nitrogens with one attached hydrogen (secondary N) is 3. The van der Waals surface area contributed by atoms with E-state index >= 15 is 0 Å². The number of nitrogens with zero attached hydrogens (tertiary/aromatic N) is 3. The van der Waals surface area contributed by atoms with Crippen molar-refractivity contribution >= 4 is 17.4 Å². The molecule has 8 heteroatoms. The van der Waals surface area contributed by atoms with Crippen molar-refractivity contribution in [1.29, 1.82) is 0 Å². The Balaban J connectivity index is 1.38. The summed E-state index contributed by atoms with van der Waals surface area (Å²) in [7, 11) is 1.67. The minimum absolute atomic E-state index is 0.0543. The number of hydrogen-bond donors (Lipinski definition) is 3. The summed E-state index contributed by atoms with van der Waals surface area (Å²) in [4.78, 5) is 20.0. The molecule has 1 atom stereocenters. The van der Waals surface area contributed by atoms with E-state index in [-0.39, 0.29) is 5.91 Å². The summed E-state index contributed by atoms with van der Waals surface area (Å²) >= 11 is 0. The molecule has 1 fully saturated rings. The Morgan fingerprint density at radius 2 is 2.00 bits per heavy atom. The molecule has 5 rings (SSSR count). The van der Waals surface area contributed by atoms with Crippen molar-refractivity contribution in [3.63, 3.8) is 0 Å². The first-order chi connectivity index (χ1) is 16.2. The Kier molecular flexibility index (Phi) is 5.93. The molecule has 3 aromatic rings. The fraction of sp³-hybridized carbons (Fsp3) is 0.320. The van der Waals surface area contributed by atoms with Crippen LogP contribution in [0.3, 0.4) is 0 Å². The van der Waals surface area contributed by atoms with Gasteiger partial charge in [-0.15, -0.1) is 0 Å². The quantitative estimate of drug-likeness (QED) is 0.526. The Labute approximate surface area is 193 Å². The van der Waals surface area contributed by atoms with Crippen molar-refractivity contribution in [3.8, 4) is 11.3 Å². The Morgan fingerprint density at radius 3 is 2.85 bits per heavy atom. The van der Waals surface area contributed by atoms with Crippen molar-refractivity contribution in [2.75, 3.05) is 38.7 Å². The lowest BCUT2D eigenvalue weighted by Gasteiger charge is -2.30. The first-order valence-corrected chi connectivity index (χ1v) is 11.2. The second kappa shape index (κ2) is 9.17. The lowest BCUT2D eigenvalue weighted by atomic mass is 9.96. The summed E-state index contributed by atoms with van der Waals surface area (Å²) in [6, 6.07) is 19.9. The van der Waals surface area contributed by atoms with Gasteiger partial charge in [0, 0.05) is 38.0 Å². The van der Waals surface area contributed by atoms with Crippen molar-refractivity contribution in [1.82, 2.24) is 20.4 Å². The molecule has 0 aliphatic carbocycles. The number of benzene rings is 2. The van der Waals surface area contributed by atoms with Crippen molar-refractivity contribution in [2.24, 2.45) is 4.99 Å². The van der Waals surface area contributed by atoms with Crippen LogP contribution in [-0.2, 0) is 11.3 Å². The number of aromatic amines is 1. The molecule has 1 spiro atoms. The zero-order valence-electron chi connectivity index (χ0n) is 18.7. The van der Waals surface area contributed by atoms with Crippen LogP contribution < -0.4 is 10.6 Å². The van der Waals surface area contributed by atoms with Crippen LogP contribution in [0.4, 0.5) is 5.69 Å². The molecular weight excluding hydrogens is 416 g/mol. The maximum absolute atomic E-state index is 13.3. The second-order valence-electron chi connectivity index (χ2n) is 8.45. The van der Waals surface area contributed by atoms with Crippen molar-refractivity contribution in [2.45, 2.75) is 18.5 Å². The van der Waals surface area contributed by atoms with E-state index in [4.69, 9.17) is 9.73 Å². The Hall–Kier alpha value is -3.49. The molecule has 0 saturated carbocycles. The van der Waals surface area contributed by atoms with Crippen LogP contribution in [0.25, 0.3) is 11.3 Å². The minimum Gasteiger partial charge on any atom is -0.383 e. The molecule has 0 bridgehead atoms. The third-order valence-electron chi connectivity index (χ3n) is 6.34. The third kappa shape index (κ3) is 4.27. The van der Waals surface area contributed by atoms with Gasteiger partial charge < -0.3 is 15.0 Å². The molecule has 8 nitrogen and oxygen atoms in total. The first kappa shape index (κ1) is 21.4. The van der Waals surface area contributed by atoms with E-state index in [0.29, 0.717) is 38.5 Å². The molecule has 0 unspecified atom stereocenters. The molecule has 0 radical (unpaired) electrons. The van der Waals surface area contributed by atoms with E-state index < -0.39 is 5.54 Å². The highest BCUT2D eigenvalue weighted by Crippen LogP contribution is 2.30. The summed E-state index contributed by atoms with van der Waals surface area (Å²) in [5, 5.41) is 14.5. The molecule has 2 aliphatic heterocycles. The fourth-order valence-corrected chi connectivity index (χ4v) is 4.51. The van der Waals surface area contributed by atoms with Gasteiger partial charge in [0.15, 0.2) is 0 Å². The Morgan fingerprint density at radius 1 is 1.18 bits per heavy atom. The number of ether oxygens (including phenoxy) is 1. The standard InChI is InChI=1S/C25H28N6O2/c1-33-14-12-26-24-25(27-16-19-9-5-6-10-20(19)28-24)11-13-31(17-25)23(32)22-15-21(29-30-22)18-7-3-2-4-8-18/h2-10,15,27H,11-14,16-17H2,1H3,(H,26,28)(H,29,30)/t25-/m1/s1. The molecule has 33 heavy (non-hydrogen) atoms. The van der Waals surface area contributed by atoms with Gasteiger partial charge in [-0.1, -0.05) is 48.5 Å². The van der Waals surface area contributed by atoms with E-state index in [1.165, 1.54) is 5.56 Å². The lowest BCUT2D eigenvalue weighted by Crippen LogP contribution is -2.55. The van der Waals surface area contributed by atoms with Crippen LogP contribution in [-0.4, -0.2) is 65.7 Å². The molecule has 2 aliphatic rings. The first-order valence-electron chi connectivity index (χ1n) is 11.2. The summed E-state index contributed by atoms with van der Waals surface area (Å²) in [5.74, 6) is 0.802. The number of carbonyl (C=O) groups excluding carboxylic acids is 1. The van der Waals surface area contributed by atoms with Crippen molar-refractivity contribution in [3.05, 3.63) is 71.9 Å². The highest BCUT2D eigenvalue weighted by atomic mass is 16.5. The van der Waals surface area contributed by atoms with Crippen LogP contribution >= 0.6 is 0 Å². The number of rotatable bonds is 5. The summed E-state index contributed by atoms with van der Waals surface area (Å²) in [6.07, 6.45) is 0.769. The molecule has 2 aromatic carbocycles. The number of para-hydroxylation sites is 1. The normalized spacial score (nSPS) is 21.1. The zero-order valence-corrected chi connectivity index (χ0v) is 18.7. The molecule has 1 aromatic heterocycles. The number of likely N-dealkylation sites (tertiary alicyclic amines) is 1. The topological polar surface area (TPSA) is 94.6 Å². The Bertz CT molecular complexity index is 1160. The molecule has 1 saturated heterocycles. The minimum atomic E-state index is -0.440. The van der Waals surface area contributed by atoms with Gasteiger partial charge in [-0.2, -0.15) is 5.10 Å². The fourth-order valence-electron chi connectivity index (χ4n) is 4.51. The SMILES string of the molecule is COCCN=C1Nc2ccccc2CN[C@@]12CCN(C(=O)c1cc(-c3ccccc3)n[nH]1)C2. The molecule has 1 amide bonds. The summed E-state index contributed by atoms with van der Waals surface area (Å²) < 4.78 is 5.21. The maximum Gasteiger partial charge on any atom is 0.271 e. The average molecular weight is 445 g/mol. The molecule has 170 valence electrons. The van der Waals surface area contributed by atoms with Crippen molar-refractivity contribution < 1.29 is 9.53 Å². The highest BCUT2D eigenvalue weighted by molar-refractivity contribution is 6.05. The number of hydrogen-bond acceptors (Lipinski definition) is 5. The van der Waals surface area contributed by atoms with Crippen LogP contribution in [0, 0.1) is 0 Å². The van der Waals surface area contributed by atoms with Gasteiger partial charge in [-0.3, -0.25) is 20.2 Å². The highest BCUT2D eigenvalue weighted by Gasteiger charge is 2.45. The lowest BCUT2D eigenvalue weighted by molar-refractivity contribution is 0.0780. The van der Waals surface area contributed by atoms with Crippen LogP contribution in [0.1, 0.15) is 22.5 Å². The van der Waals surface area contributed by atoms with Gasteiger partial charge in [0.25, 0.3) is 5.91 Å². The number of aliphatic imine (C=N–C) groups is 1. The smallest absolute Gasteiger partial charge is 0.271 e. The summed E-state index contributed by atoms with van der Waals surface area (Å²) in [6.45, 7) is 2.96. The maximum atomic E-state index is 13.3. The number of H-pyrrole nitrogens is 1. The van der Waals surface area contributed by atoms with Gasteiger partial charge in [0.1, 0.15) is 11.5 Å². The number of aromatic nitrogens is 2. The van der Waals surface area contributed by atoms with Gasteiger partial charge in [0.05, 0.1) is 24.4 Å².